The van der Waals surface area contributed by atoms with Gasteiger partial charge in [0.1, 0.15) is 0 Å². The first-order valence-electron chi connectivity index (χ1n) is 4.17. The maximum atomic E-state index is 11.5. The van der Waals surface area contributed by atoms with Gasteiger partial charge in [0, 0.05) is 19.7 Å². The van der Waals surface area contributed by atoms with Gasteiger partial charge in [0.15, 0.2) is 0 Å². The molecular formula is C9H13Cl2N3O. The highest BCUT2D eigenvalue weighted by molar-refractivity contribution is 5.99. The summed E-state index contributed by atoms with van der Waals surface area (Å²) < 4.78 is 0. The van der Waals surface area contributed by atoms with Crippen molar-refractivity contribution in [2.45, 2.75) is 12.5 Å². The summed E-state index contributed by atoms with van der Waals surface area (Å²) in [6, 6.07) is 3.26. The maximum absolute atomic E-state index is 11.5. The number of anilines is 1. The first-order chi connectivity index (χ1) is 6.20. The standard InChI is InChI=1S/C9H11N3O.2ClH/c1-12-8-3-2-4-11-7(8)5-6(10)9(12)13;;/h2-4,6H,5,10H2,1H3;2*1H. The predicted molar refractivity (Wildman–Crippen MR) is 63.8 cm³/mol. The number of amides is 1. The van der Waals surface area contributed by atoms with Crippen molar-refractivity contribution in [2.24, 2.45) is 5.73 Å². The van der Waals surface area contributed by atoms with Crippen molar-refractivity contribution in [3.63, 3.8) is 0 Å². The van der Waals surface area contributed by atoms with Crippen molar-refractivity contribution in [3.05, 3.63) is 24.0 Å². The SMILES string of the molecule is CN1C(=O)C(N)Cc2ncccc21.Cl.Cl. The summed E-state index contributed by atoms with van der Waals surface area (Å²) in [5.74, 6) is -0.0412. The zero-order chi connectivity index (χ0) is 9.42. The van der Waals surface area contributed by atoms with Crippen molar-refractivity contribution in [3.8, 4) is 0 Å². The molecule has 6 heteroatoms. The topological polar surface area (TPSA) is 59.2 Å². The van der Waals surface area contributed by atoms with E-state index in [-0.39, 0.29) is 30.7 Å². The average molecular weight is 250 g/mol. The van der Waals surface area contributed by atoms with Gasteiger partial charge in [-0.25, -0.2) is 0 Å². The van der Waals surface area contributed by atoms with Crippen LogP contribution < -0.4 is 10.6 Å². The molecule has 0 aliphatic carbocycles. The van der Waals surface area contributed by atoms with Crippen molar-refractivity contribution >= 4 is 36.4 Å². The van der Waals surface area contributed by atoms with Gasteiger partial charge in [0.05, 0.1) is 17.4 Å². The molecule has 0 saturated heterocycles. The first kappa shape index (κ1) is 14.2. The van der Waals surface area contributed by atoms with Gasteiger partial charge in [-0.05, 0) is 12.1 Å². The molecule has 0 spiro atoms. The minimum Gasteiger partial charge on any atom is -0.320 e. The molecule has 1 atom stereocenters. The summed E-state index contributed by atoms with van der Waals surface area (Å²) in [7, 11) is 1.72. The number of hydrogen-bond acceptors (Lipinski definition) is 3. The fourth-order valence-electron chi connectivity index (χ4n) is 1.56. The number of aromatic nitrogens is 1. The lowest BCUT2D eigenvalue weighted by Crippen LogP contribution is -2.47. The first-order valence-corrected chi connectivity index (χ1v) is 4.17. The van der Waals surface area contributed by atoms with Crippen LogP contribution in [0.3, 0.4) is 0 Å². The lowest BCUT2D eigenvalue weighted by atomic mass is 10.0. The Balaban J connectivity index is 0.000000980. The zero-order valence-electron chi connectivity index (χ0n) is 8.21. The molecular weight excluding hydrogens is 237 g/mol. The van der Waals surface area contributed by atoms with E-state index in [1.165, 1.54) is 0 Å². The number of carbonyl (C=O) groups is 1. The van der Waals surface area contributed by atoms with E-state index < -0.39 is 6.04 Å². The Hall–Kier alpha value is -0.840. The van der Waals surface area contributed by atoms with E-state index in [9.17, 15) is 4.79 Å². The van der Waals surface area contributed by atoms with Gasteiger partial charge in [0.25, 0.3) is 0 Å². The fourth-order valence-corrected chi connectivity index (χ4v) is 1.56. The number of rotatable bonds is 0. The third-order valence-corrected chi connectivity index (χ3v) is 2.29. The Morgan fingerprint density at radius 2 is 2.20 bits per heavy atom. The van der Waals surface area contributed by atoms with Crippen LogP contribution in [-0.4, -0.2) is 24.0 Å². The lowest BCUT2D eigenvalue weighted by molar-refractivity contribution is -0.119. The molecule has 0 fully saturated rings. The average Bonchev–Trinajstić information content (AvgIpc) is 2.15. The molecule has 0 aromatic carbocycles. The largest absolute Gasteiger partial charge is 0.320 e. The van der Waals surface area contributed by atoms with Crippen LogP contribution in [0.2, 0.25) is 0 Å². The number of carbonyl (C=O) groups excluding carboxylic acids is 1. The van der Waals surface area contributed by atoms with Gasteiger partial charge >= 0.3 is 0 Å². The van der Waals surface area contributed by atoms with Gasteiger partial charge in [-0.1, -0.05) is 0 Å². The maximum Gasteiger partial charge on any atom is 0.244 e. The molecule has 1 aliphatic heterocycles. The number of halogens is 2. The predicted octanol–water partition coefficient (Wildman–Crippen LogP) is 0.771. The van der Waals surface area contributed by atoms with Crippen LogP contribution >= 0.6 is 24.8 Å². The normalized spacial score (nSPS) is 18.7. The van der Waals surface area contributed by atoms with E-state index >= 15 is 0 Å². The number of nitrogens with zero attached hydrogens (tertiary/aromatic N) is 2. The minimum atomic E-state index is -0.438. The number of hydrogen-bond donors (Lipinski definition) is 1. The molecule has 1 aromatic heterocycles. The van der Waals surface area contributed by atoms with Crippen LogP contribution in [0, 0.1) is 0 Å². The molecule has 1 unspecified atom stereocenters. The highest BCUT2D eigenvalue weighted by atomic mass is 35.5. The molecule has 2 rings (SSSR count). The number of pyridine rings is 1. The molecule has 0 bridgehead atoms. The van der Waals surface area contributed by atoms with Crippen molar-refractivity contribution in [1.29, 1.82) is 0 Å². The van der Waals surface area contributed by atoms with Crippen LogP contribution in [0.1, 0.15) is 5.69 Å². The second kappa shape index (κ2) is 5.30. The Morgan fingerprint density at radius 1 is 1.53 bits per heavy atom. The molecule has 2 N–H and O–H groups in total. The molecule has 2 heterocycles. The highest BCUT2D eigenvalue weighted by Gasteiger charge is 2.28. The van der Waals surface area contributed by atoms with E-state index in [4.69, 9.17) is 5.73 Å². The number of nitrogens with two attached hydrogens (primary N) is 1. The van der Waals surface area contributed by atoms with Crippen LogP contribution in [0.15, 0.2) is 18.3 Å². The molecule has 0 saturated carbocycles. The molecule has 0 radical (unpaired) electrons. The molecule has 4 nitrogen and oxygen atoms in total. The fraction of sp³-hybridized carbons (Fsp3) is 0.333. The van der Waals surface area contributed by atoms with E-state index in [2.05, 4.69) is 4.98 Å². The van der Waals surface area contributed by atoms with Gasteiger partial charge < -0.3 is 10.6 Å². The second-order valence-corrected chi connectivity index (χ2v) is 3.18. The van der Waals surface area contributed by atoms with Crippen LogP contribution in [0.25, 0.3) is 0 Å². The van der Waals surface area contributed by atoms with E-state index in [1.807, 2.05) is 12.1 Å². The number of fused-ring (bicyclic) bond motifs is 1. The van der Waals surface area contributed by atoms with Crippen LogP contribution in [0.5, 0.6) is 0 Å². The van der Waals surface area contributed by atoms with Gasteiger partial charge in [-0.2, -0.15) is 0 Å². The Kier molecular flexibility index (Phi) is 5.00. The van der Waals surface area contributed by atoms with Crippen LogP contribution in [0.4, 0.5) is 5.69 Å². The number of likely N-dealkylation sites (N-methyl/N-ethyl adjacent to an activating group) is 1. The summed E-state index contributed by atoms with van der Waals surface area (Å²) in [6.45, 7) is 0. The van der Waals surface area contributed by atoms with Crippen molar-refractivity contribution in [2.75, 3.05) is 11.9 Å². The monoisotopic (exact) mass is 249 g/mol. The minimum absolute atomic E-state index is 0. The quantitative estimate of drug-likeness (QED) is 0.739. The van der Waals surface area contributed by atoms with Gasteiger partial charge in [-0.3, -0.25) is 9.78 Å². The van der Waals surface area contributed by atoms with Crippen molar-refractivity contribution in [1.82, 2.24) is 4.98 Å². The molecule has 1 aliphatic rings. The molecule has 1 aromatic rings. The van der Waals surface area contributed by atoms with E-state index in [0.29, 0.717) is 6.42 Å². The lowest BCUT2D eigenvalue weighted by Gasteiger charge is -2.28. The third-order valence-electron chi connectivity index (χ3n) is 2.29. The Bertz CT molecular complexity index is 359. The van der Waals surface area contributed by atoms with E-state index in [1.54, 1.807) is 18.1 Å². The highest BCUT2D eigenvalue weighted by Crippen LogP contribution is 2.23. The Morgan fingerprint density at radius 3 is 2.87 bits per heavy atom. The van der Waals surface area contributed by atoms with E-state index in [0.717, 1.165) is 11.4 Å². The smallest absolute Gasteiger partial charge is 0.244 e. The zero-order valence-corrected chi connectivity index (χ0v) is 9.85. The van der Waals surface area contributed by atoms with Crippen LogP contribution in [-0.2, 0) is 11.2 Å². The summed E-state index contributed by atoms with van der Waals surface area (Å²) >= 11 is 0. The summed E-state index contributed by atoms with van der Waals surface area (Å²) in [5, 5.41) is 0. The second-order valence-electron chi connectivity index (χ2n) is 3.18. The summed E-state index contributed by atoms with van der Waals surface area (Å²) in [5.41, 5.74) is 7.42. The summed E-state index contributed by atoms with van der Waals surface area (Å²) in [4.78, 5) is 17.2. The van der Waals surface area contributed by atoms with Gasteiger partial charge in [0.2, 0.25) is 5.91 Å². The molecule has 15 heavy (non-hydrogen) atoms. The third kappa shape index (κ3) is 2.40. The summed E-state index contributed by atoms with van der Waals surface area (Å²) in [6.07, 6.45) is 2.26. The molecule has 1 amide bonds. The van der Waals surface area contributed by atoms with Crippen molar-refractivity contribution < 1.29 is 4.79 Å². The Labute approximate surface area is 101 Å². The van der Waals surface area contributed by atoms with Gasteiger partial charge in [-0.15, -0.1) is 24.8 Å². The molecule has 84 valence electrons.